The Morgan fingerprint density at radius 3 is 3.11 bits per heavy atom. The van der Waals surface area contributed by atoms with E-state index in [1.165, 1.54) is 6.42 Å². The molecule has 3 atom stereocenters. The minimum atomic E-state index is -0.238. The Kier molecular flexibility index (Phi) is 3.38. The van der Waals surface area contributed by atoms with Crippen LogP contribution in [0.25, 0.3) is 6.08 Å². The molecule has 5 nitrogen and oxygen atoms in total. The Labute approximate surface area is 112 Å². The lowest BCUT2D eigenvalue weighted by Crippen LogP contribution is -2.27. The maximum atomic E-state index is 12.2. The summed E-state index contributed by atoms with van der Waals surface area (Å²) >= 11 is 0. The van der Waals surface area contributed by atoms with Crippen LogP contribution in [0, 0.1) is 5.92 Å². The second-order valence-corrected chi connectivity index (χ2v) is 5.12. The molecule has 5 heteroatoms. The zero-order chi connectivity index (χ0) is 13.2. The van der Waals surface area contributed by atoms with Gasteiger partial charge in [0.1, 0.15) is 0 Å². The normalized spacial score (nSPS) is 29.7. The van der Waals surface area contributed by atoms with Crippen LogP contribution in [-0.2, 0) is 9.53 Å². The lowest BCUT2D eigenvalue weighted by molar-refractivity contribution is -0.139. The van der Waals surface area contributed by atoms with Crippen LogP contribution in [0.5, 0.6) is 0 Å². The average Bonchev–Trinajstić information content (AvgIpc) is 3.13. The number of carbonyl (C=O) groups is 1. The highest BCUT2D eigenvalue weighted by molar-refractivity contribution is 5.94. The van der Waals surface area contributed by atoms with E-state index in [1.807, 2.05) is 6.92 Å². The molecule has 1 aromatic rings. The Hall–Kier alpha value is -1.62. The summed E-state index contributed by atoms with van der Waals surface area (Å²) < 4.78 is 10.3. The van der Waals surface area contributed by atoms with E-state index < -0.39 is 0 Å². The van der Waals surface area contributed by atoms with Gasteiger partial charge in [-0.2, -0.15) is 0 Å². The molecule has 0 radical (unpaired) electrons. The monoisotopic (exact) mass is 262 g/mol. The largest absolute Gasteiger partial charge is 0.463 e. The summed E-state index contributed by atoms with van der Waals surface area (Å²) in [6.07, 6.45) is 6.69. The molecular weight excluding hydrogens is 244 g/mol. The molecule has 19 heavy (non-hydrogen) atoms. The van der Waals surface area contributed by atoms with Gasteiger partial charge in [-0.3, -0.25) is 0 Å². The summed E-state index contributed by atoms with van der Waals surface area (Å²) in [5, 5.41) is 7.21. The first-order chi connectivity index (χ1) is 9.28. The highest BCUT2D eigenvalue weighted by atomic mass is 16.5. The number of nitrogens with one attached hydrogen (secondary N) is 1. The van der Waals surface area contributed by atoms with Crippen LogP contribution in [0.15, 0.2) is 22.4 Å². The second kappa shape index (κ2) is 5.17. The third-order valence-corrected chi connectivity index (χ3v) is 3.97. The van der Waals surface area contributed by atoms with Gasteiger partial charge in [0.05, 0.1) is 12.8 Å². The predicted molar refractivity (Wildman–Crippen MR) is 69.2 cm³/mol. The van der Waals surface area contributed by atoms with Crippen LogP contribution in [0.2, 0.25) is 0 Å². The molecule has 3 rings (SSSR count). The van der Waals surface area contributed by atoms with Gasteiger partial charge >= 0.3 is 5.97 Å². The molecule has 2 fully saturated rings. The van der Waals surface area contributed by atoms with Crippen molar-refractivity contribution in [1.29, 1.82) is 0 Å². The van der Waals surface area contributed by atoms with Crippen molar-refractivity contribution in [3.8, 4) is 0 Å². The van der Waals surface area contributed by atoms with E-state index in [4.69, 9.17) is 9.26 Å². The highest BCUT2D eigenvalue weighted by Gasteiger charge is 2.42. The average molecular weight is 262 g/mol. The van der Waals surface area contributed by atoms with Gasteiger partial charge in [-0.05, 0) is 32.3 Å². The molecule has 3 heterocycles. The third kappa shape index (κ3) is 2.42. The minimum Gasteiger partial charge on any atom is -0.463 e. The van der Waals surface area contributed by atoms with Crippen molar-refractivity contribution in [2.75, 3.05) is 6.61 Å². The number of carbonyl (C=O) groups excluding carboxylic acids is 1. The lowest BCUT2D eigenvalue weighted by Gasteiger charge is -2.21. The number of ether oxygens (including phenoxy) is 1. The van der Waals surface area contributed by atoms with Crippen LogP contribution in [0.1, 0.15) is 31.9 Å². The molecule has 2 aliphatic heterocycles. The first-order valence-corrected chi connectivity index (χ1v) is 6.83. The number of aromatic nitrogens is 1. The van der Waals surface area contributed by atoms with Crippen molar-refractivity contribution in [1.82, 2.24) is 10.5 Å². The maximum absolute atomic E-state index is 12.2. The van der Waals surface area contributed by atoms with Crippen molar-refractivity contribution in [3.63, 3.8) is 0 Å². The first kappa shape index (κ1) is 12.4. The molecule has 0 aromatic carbocycles. The second-order valence-electron chi connectivity index (χ2n) is 5.12. The fraction of sp³-hybridized carbons (Fsp3) is 0.571. The van der Waals surface area contributed by atoms with Crippen molar-refractivity contribution >= 4 is 12.0 Å². The molecule has 0 spiro atoms. The van der Waals surface area contributed by atoms with Gasteiger partial charge < -0.3 is 14.6 Å². The fourth-order valence-electron chi connectivity index (χ4n) is 3.15. The molecule has 1 aromatic heterocycles. The topological polar surface area (TPSA) is 64.4 Å². The van der Waals surface area contributed by atoms with Crippen LogP contribution in [0.4, 0.5) is 0 Å². The standard InChI is InChI=1S/C14H18N2O3/c1-2-18-14(17)12(8-10-5-6-15-19-10)11-7-9-3-4-13(11)16-9/h5-6,8-9,11,13,16H,2-4,7H2,1H3/b12-8+. The van der Waals surface area contributed by atoms with Gasteiger partial charge in [0.2, 0.25) is 0 Å². The van der Waals surface area contributed by atoms with Crippen LogP contribution < -0.4 is 5.32 Å². The molecule has 0 saturated carbocycles. The molecule has 102 valence electrons. The Bertz CT molecular complexity index is 481. The van der Waals surface area contributed by atoms with E-state index in [-0.39, 0.29) is 11.9 Å². The molecule has 1 N–H and O–H groups in total. The van der Waals surface area contributed by atoms with Gasteiger partial charge in [-0.1, -0.05) is 5.16 Å². The van der Waals surface area contributed by atoms with Crippen LogP contribution in [0.3, 0.4) is 0 Å². The van der Waals surface area contributed by atoms with E-state index in [2.05, 4.69) is 10.5 Å². The summed E-state index contributed by atoms with van der Waals surface area (Å²) in [5.41, 5.74) is 0.707. The molecular formula is C14H18N2O3. The summed E-state index contributed by atoms with van der Waals surface area (Å²) in [5.74, 6) is 0.590. The molecule has 2 saturated heterocycles. The molecule has 0 amide bonds. The third-order valence-electron chi connectivity index (χ3n) is 3.97. The highest BCUT2D eigenvalue weighted by Crippen LogP contribution is 2.38. The smallest absolute Gasteiger partial charge is 0.334 e. The zero-order valence-electron chi connectivity index (χ0n) is 11.0. The number of rotatable bonds is 4. The van der Waals surface area contributed by atoms with E-state index in [9.17, 15) is 4.79 Å². The summed E-state index contributed by atoms with van der Waals surface area (Å²) in [7, 11) is 0. The lowest BCUT2D eigenvalue weighted by atomic mass is 9.83. The predicted octanol–water partition coefficient (Wildman–Crippen LogP) is 1.76. The number of fused-ring (bicyclic) bond motifs is 2. The van der Waals surface area contributed by atoms with Gasteiger partial charge in [-0.15, -0.1) is 0 Å². The molecule has 3 unspecified atom stereocenters. The van der Waals surface area contributed by atoms with Gasteiger partial charge in [-0.25, -0.2) is 4.79 Å². The Balaban J connectivity index is 1.86. The summed E-state index contributed by atoms with van der Waals surface area (Å²) in [6.45, 7) is 2.21. The Morgan fingerprint density at radius 1 is 1.63 bits per heavy atom. The van der Waals surface area contributed by atoms with Crippen molar-refractivity contribution in [2.45, 2.75) is 38.3 Å². The van der Waals surface area contributed by atoms with Crippen LogP contribution in [-0.4, -0.2) is 29.8 Å². The number of esters is 1. The minimum absolute atomic E-state index is 0.225. The van der Waals surface area contributed by atoms with Gasteiger partial charge in [0.25, 0.3) is 0 Å². The molecule has 2 aliphatic rings. The van der Waals surface area contributed by atoms with Crippen molar-refractivity contribution in [2.24, 2.45) is 5.92 Å². The van der Waals surface area contributed by atoms with E-state index in [0.717, 1.165) is 12.8 Å². The Morgan fingerprint density at radius 2 is 2.53 bits per heavy atom. The summed E-state index contributed by atoms with van der Waals surface area (Å²) in [4.78, 5) is 12.2. The van der Waals surface area contributed by atoms with E-state index in [1.54, 1.807) is 18.3 Å². The number of nitrogens with zero attached hydrogens (tertiary/aromatic N) is 1. The quantitative estimate of drug-likeness (QED) is 0.661. The molecule has 0 aliphatic carbocycles. The van der Waals surface area contributed by atoms with Crippen molar-refractivity contribution < 1.29 is 14.1 Å². The zero-order valence-corrected chi connectivity index (χ0v) is 11.0. The van der Waals surface area contributed by atoms with Gasteiger partial charge in [0.15, 0.2) is 5.76 Å². The number of hydrogen-bond donors (Lipinski definition) is 1. The van der Waals surface area contributed by atoms with E-state index in [0.29, 0.717) is 30.0 Å². The van der Waals surface area contributed by atoms with E-state index >= 15 is 0 Å². The number of hydrogen-bond acceptors (Lipinski definition) is 5. The molecule has 2 bridgehead atoms. The van der Waals surface area contributed by atoms with Crippen LogP contribution >= 0.6 is 0 Å². The first-order valence-electron chi connectivity index (χ1n) is 6.83. The van der Waals surface area contributed by atoms with Gasteiger partial charge in [0, 0.05) is 29.6 Å². The maximum Gasteiger partial charge on any atom is 0.334 e. The SMILES string of the molecule is CCOC(=O)/C(=C/c1ccno1)C1CC2CCC1N2. The summed E-state index contributed by atoms with van der Waals surface area (Å²) in [6, 6.07) is 2.69. The fourth-order valence-corrected chi connectivity index (χ4v) is 3.15. The van der Waals surface area contributed by atoms with Crippen molar-refractivity contribution in [3.05, 3.63) is 23.6 Å².